The standard InChI is InChI=1S/C30H44N4O4/c1-7-38-28(36)25-24(19-33-16-17-34(20(2)18-33)27(35)22-10-8-9-11-22)32(6)29(37)31-26(25)21-12-14-23(15-13-21)30(3,4)5/h12-15,20,22,26H,7-11,16-19H2,1-6H3,(H,31,37). The Kier molecular flexibility index (Phi) is 8.50. The van der Waals surface area contributed by atoms with Gasteiger partial charge in [-0.05, 0) is 43.2 Å². The molecule has 1 aromatic rings. The van der Waals surface area contributed by atoms with Gasteiger partial charge in [0.25, 0.3) is 0 Å². The van der Waals surface area contributed by atoms with Crippen LogP contribution in [-0.4, -0.2) is 78.5 Å². The summed E-state index contributed by atoms with van der Waals surface area (Å²) in [6.07, 6.45) is 4.28. The lowest BCUT2D eigenvalue weighted by Crippen LogP contribution is -2.57. The molecule has 0 spiro atoms. The van der Waals surface area contributed by atoms with Gasteiger partial charge in [-0.3, -0.25) is 14.6 Å². The summed E-state index contributed by atoms with van der Waals surface area (Å²) in [5.74, 6) is 0.0390. The minimum atomic E-state index is -0.593. The maximum atomic E-state index is 13.3. The second-order valence-corrected chi connectivity index (χ2v) is 12.0. The van der Waals surface area contributed by atoms with Crippen LogP contribution in [0.25, 0.3) is 0 Å². The van der Waals surface area contributed by atoms with E-state index in [4.69, 9.17) is 4.74 Å². The molecule has 1 aliphatic carbocycles. The minimum Gasteiger partial charge on any atom is -0.463 e. The summed E-state index contributed by atoms with van der Waals surface area (Å²) in [6.45, 7) is 13.1. The van der Waals surface area contributed by atoms with E-state index in [1.165, 1.54) is 10.5 Å². The molecule has 2 heterocycles. The van der Waals surface area contributed by atoms with Crippen LogP contribution in [0.1, 0.15) is 77.5 Å². The maximum absolute atomic E-state index is 13.3. The average molecular weight is 525 g/mol. The van der Waals surface area contributed by atoms with Crippen LogP contribution in [0.4, 0.5) is 4.79 Å². The Hall–Kier alpha value is -2.87. The van der Waals surface area contributed by atoms with Crippen LogP contribution in [0.15, 0.2) is 35.5 Å². The number of ether oxygens (including phenoxy) is 1. The molecule has 208 valence electrons. The van der Waals surface area contributed by atoms with Gasteiger partial charge in [-0.15, -0.1) is 0 Å². The molecule has 0 radical (unpaired) electrons. The summed E-state index contributed by atoms with van der Waals surface area (Å²) >= 11 is 0. The number of esters is 1. The summed E-state index contributed by atoms with van der Waals surface area (Å²) in [7, 11) is 1.70. The number of likely N-dealkylation sites (N-methyl/N-ethyl adjacent to an activating group) is 1. The van der Waals surface area contributed by atoms with Gasteiger partial charge in [0, 0.05) is 50.9 Å². The number of carbonyl (C=O) groups excluding carboxylic acids is 3. The fourth-order valence-electron chi connectivity index (χ4n) is 5.95. The van der Waals surface area contributed by atoms with E-state index < -0.39 is 12.0 Å². The van der Waals surface area contributed by atoms with Crippen molar-refractivity contribution in [1.29, 1.82) is 0 Å². The first-order chi connectivity index (χ1) is 18.0. The van der Waals surface area contributed by atoms with Gasteiger partial charge < -0.3 is 15.0 Å². The molecule has 8 heteroatoms. The number of piperazine rings is 1. The predicted octanol–water partition coefficient (Wildman–Crippen LogP) is 4.22. The van der Waals surface area contributed by atoms with E-state index in [-0.39, 0.29) is 35.9 Å². The molecule has 1 N–H and O–H groups in total. The molecule has 4 rings (SSSR count). The van der Waals surface area contributed by atoms with Crippen molar-refractivity contribution in [3.8, 4) is 0 Å². The summed E-state index contributed by atoms with van der Waals surface area (Å²) in [6, 6.07) is 7.33. The molecule has 1 aromatic carbocycles. The third kappa shape index (κ3) is 5.90. The number of benzene rings is 1. The van der Waals surface area contributed by atoms with Crippen LogP contribution in [0.3, 0.4) is 0 Å². The zero-order chi connectivity index (χ0) is 27.6. The Morgan fingerprint density at radius 1 is 1.08 bits per heavy atom. The van der Waals surface area contributed by atoms with Crippen molar-refractivity contribution in [2.45, 2.75) is 77.8 Å². The highest BCUT2D eigenvalue weighted by molar-refractivity contribution is 5.95. The van der Waals surface area contributed by atoms with Gasteiger partial charge in [-0.1, -0.05) is 57.9 Å². The number of hydrogen-bond acceptors (Lipinski definition) is 5. The third-order valence-corrected chi connectivity index (χ3v) is 8.25. The van der Waals surface area contributed by atoms with E-state index in [1.54, 1.807) is 14.0 Å². The molecule has 38 heavy (non-hydrogen) atoms. The molecule has 0 aromatic heterocycles. The Morgan fingerprint density at radius 2 is 1.74 bits per heavy atom. The van der Waals surface area contributed by atoms with E-state index in [0.29, 0.717) is 37.4 Å². The zero-order valence-electron chi connectivity index (χ0n) is 23.9. The molecule has 2 aliphatic heterocycles. The molecule has 1 saturated carbocycles. The SMILES string of the molecule is CCOC(=O)C1=C(CN2CCN(C(=O)C3CCCC3)C(C)C2)N(C)C(=O)NC1c1ccc(C(C)(C)C)cc1. The Bertz CT molecular complexity index is 1070. The first-order valence-electron chi connectivity index (χ1n) is 14.1. The van der Waals surface area contributed by atoms with Gasteiger partial charge in [-0.25, -0.2) is 9.59 Å². The lowest BCUT2D eigenvalue weighted by atomic mass is 9.85. The van der Waals surface area contributed by atoms with Crippen LogP contribution in [0.2, 0.25) is 0 Å². The van der Waals surface area contributed by atoms with Gasteiger partial charge >= 0.3 is 12.0 Å². The number of urea groups is 1. The molecule has 0 bridgehead atoms. The molecule has 8 nitrogen and oxygen atoms in total. The Labute approximate surface area is 227 Å². The summed E-state index contributed by atoms with van der Waals surface area (Å²) in [5, 5.41) is 3.02. The quantitative estimate of drug-likeness (QED) is 0.564. The monoisotopic (exact) mass is 524 g/mol. The highest BCUT2D eigenvalue weighted by Crippen LogP contribution is 2.34. The van der Waals surface area contributed by atoms with Gasteiger partial charge in [-0.2, -0.15) is 0 Å². The number of amides is 3. The van der Waals surface area contributed by atoms with Crippen LogP contribution in [0, 0.1) is 5.92 Å². The van der Waals surface area contributed by atoms with Crippen molar-refractivity contribution in [3.63, 3.8) is 0 Å². The first-order valence-corrected chi connectivity index (χ1v) is 14.1. The summed E-state index contributed by atoms with van der Waals surface area (Å²) in [4.78, 5) is 45.3. The molecule has 3 amide bonds. The van der Waals surface area contributed by atoms with E-state index in [1.807, 2.05) is 17.0 Å². The van der Waals surface area contributed by atoms with Crippen molar-refractivity contribution in [2.24, 2.45) is 5.92 Å². The highest BCUT2D eigenvalue weighted by atomic mass is 16.5. The number of nitrogens with one attached hydrogen (secondary N) is 1. The van der Waals surface area contributed by atoms with Gasteiger partial charge in [0.05, 0.1) is 18.2 Å². The highest BCUT2D eigenvalue weighted by Gasteiger charge is 2.39. The van der Waals surface area contributed by atoms with E-state index in [0.717, 1.165) is 31.2 Å². The summed E-state index contributed by atoms with van der Waals surface area (Å²) < 4.78 is 5.49. The number of hydrogen-bond donors (Lipinski definition) is 1. The average Bonchev–Trinajstić information content (AvgIpc) is 3.41. The lowest BCUT2D eigenvalue weighted by Gasteiger charge is -2.43. The van der Waals surface area contributed by atoms with Crippen molar-refractivity contribution < 1.29 is 19.1 Å². The topological polar surface area (TPSA) is 82.2 Å². The Balaban J connectivity index is 1.60. The van der Waals surface area contributed by atoms with Crippen LogP contribution in [0.5, 0.6) is 0 Å². The zero-order valence-corrected chi connectivity index (χ0v) is 23.9. The summed E-state index contributed by atoms with van der Waals surface area (Å²) in [5.41, 5.74) is 3.15. The van der Waals surface area contributed by atoms with Gasteiger partial charge in [0.15, 0.2) is 0 Å². The van der Waals surface area contributed by atoms with E-state index in [2.05, 4.69) is 50.0 Å². The van der Waals surface area contributed by atoms with Crippen LogP contribution in [-0.2, 0) is 19.7 Å². The number of carbonyl (C=O) groups is 3. The lowest BCUT2D eigenvalue weighted by molar-refractivity contribution is -0.140. The number of rotatable bonds is 6. The molecular weight excluding hydrogens is 480 g/mol. The smallest absolute Gasteiger partial charge is 0.338 e. The fourth-order valence-corrected chi connectivity index (χ4v) is 5.95. The van der Waals surface area contributed by atoms with Crippen LogP contribution < -0.4 is 5.32 Å². The fraction of sp³-hybridized carbons (Fsp3) is 0.633. The maximum Gasteiger partial charge on any atom is 0.338 e. The molecule has 3 aliphatic rings. The second kappa shape index (κ2) is 11.5. The van der Waals surface area contributed by atoms with E-state index >= 15 is 0 Å². The van der Waals surface area contributed by atoms with Gasteiger partial charge in [0.1, 0.15) is 0 Å². The predicted molar refractivity (Wildman–Crippen MR) is 147 cm³/mol. The largest absolute Gasteiger partial charge is 0.463 e. The molecule has 1 saturated heterocycles. The van der Waals surface area contributed by atoms with Crippen molar-refractivity contribution in [2.75, 3.05) is 39.8 Å². The number of nitrogens with zero attached hydrogens (tertiary/aromatic N) is 3. The molecule has 2 atom stereocenters. The third-order valence-electron chi connectivity index (χ3n) is 8.25. The Morgan fingerprint density at radius 3 is 2.32 bits per heavy atom. The van der Waals surface area contributed by atoms with Gasteiger partial charge in [0.2, 0.25) is 5.91 Å². The van der Waals surface area contributed by atoms with E-state index in [9.17, 15) is 14.4 Å². The molecule has 2 fully saturated rings. The van der Waals surface area contributed by atoms with Crippen LogP contribution >= 0.6 is 0 Å². The molecular formula is C30H44N4O4. The van der Waals surface area contributed by atoms with Crippen molar-refractivity contribution >= 4 is 17.9 Å². The first kappa shape index (κ1) is 28.1. The second-order valence-electron chi connectivity index (χ2n) is 12.0. The van der Waals surface area contributed by atoms with Crippen molar-refractivity contribution in [1.82, 2.24) is 20.0 Å². The molecule has 2 unspecified atom stereocenters. The minimum absolute atomic E-state index is 0.00246. The normalized spacial score (nSPS) is 23.6. The van der Waals surface area contributed by atoms with Crippen molar-refractivity contribution in [3.05, 3.63) is 46.7 Å².